The van der Waals surface area contributed by atoms with E-state index in [0.29, 0.717) is 31.4 Å². The van der Waals surface area contributed by atoms with Gasteiger partial charge >= 0.3 is 0 Å². The summed E-state index contributed by atoms with van der Waals surface area (Å²) < 4.78 is 12.4. The molecule has 4 unspecified atom stereocenters. The van der Waals surface area contributed by atoms with Crippen LogP contribution in [0.5, 0.6) is 5.75 Å². The number of hydrogen-bond acceptors (Lipinski definition) is 4. The molecular weight excluding hydrogens is 322 g/mol. The Morgan fingerprint density at radius 3 is 2.80 bits per heavy atom. The third-order valence-corrected chi connectivity index (χ3v) is 4.51. The van der Waals surface area contributed by atoms with E-state index in [-0.39, 0.29) is 0 Å². The molecule has 4 atom stereocenters. The Kier molecular flexibility index (Phi) is 4.61. The van der Waals surface area contributed by atoms with Crippen LogP contribution in [0.1, 0.15) is 19.3 Å². The van der Waals surface area contributed by atoms with Crippen LogP contribution in [-0.4, -0.2) is 42.6 Å². The lowest BCUT2D eigenvalue weighted by Crippen LogP contribution is -2.42. The summed E-state index contributed by atoms with van der Waals surface area (Å²) in [6, 6.07) is 8.01. The molecule has 0 radical (unpaired) electrons. The van der Waals surface area contributed by atoms with Crippen LogP contribution in [0.25, 0.3) is 0 Å². The Morgan fingerprint density at radius 2 is 2.15 bits per heavy atom. The maximum absolute atomic E-state index is 9.96. The minimum atomic E-state index is -0.502. The highest BCUT2D eigenvalue weighted by atomic mass is 79.9. The van der Waals surface area contributed by atoms with Crippen molar-refractivity contribution in [3.8, 4) is 5.75 Å². The van der Waals surface area contributed by atoms with Gasteiger partial charge < -0.3 is 19.9 Å². The lowest BCUT2D eigenvalue weighted by atomic mass is 9.95. The molecule has 2 aliphatic rings. The van der Waals surface area contributed by atoms with Gasteiger partial charge in [0.2, 0.25) is 0 Å². The average Bonchev–Trinajstić information content (AvgIpc) is 3.07. The van der Waals surface area contributed by atoms with E-state index in [9.17, 15) is 5.11 Å². The fourth-order valence-electron chi connectivity index (χ4n) is 2.92. The van der Waals surface area contributed by atoms with Crippen molar-refractivity contribution < 1.29 is 14.6 Å². The molecule has 2 N–H and O–H groups in total. The number of fused-ring (bicyclic) bond motifs is 2. The molecule has 0 aromatic heterocycles. The van der Waals surface area contributed by atoms with Gasteiger partial charge in [0, 0.05) is 17.1 Å². The SMILES string of the molecule is OC(CNC1CC2CCC1O2)COc1ccc(Br)cc1. The highest BCUT2D eigenvalue weighted by Gasteiger charge is 2.40. The lowest BCUT2D eigenvalue weighted by Gasteiger charge is -2.22. The van der Waals surface area contributed by atoms with Crippen molar-refractivity contribution in [3.05, 3.63) is 28.7 Å². The predicted octanol–water partition coefficient (Wildman–Crippen LogP) is 2.10. The molecule has 3 rings (SSSR count). The number of hydrogen-bond donors (Lipinski definition) is 2. The van der Waals surface area contributed by atoms with Crippen LogP contribution in [0, 0.1) is 0 Å². The van der Waals surface area contributed by atoms with E-state index in [1.54, 1.807) is 0 Å². The number of aliphatic hydroxyl groups is 1. The maximum Gasteiger partial charge on any atom is 0.119 e. The zero-order valence-corrected chi connectivity index (χ0v) is 12.9. The smallest absolute Gasteiger partial charge is 0.119 e. The summed E-state index contributed by atoms with van der Waals surface area (Å²) in [5, 5.41) is 13.4. The van der Waals surface area contributed by atoms with E-state index in [0.717, 1.165) is 23.1 Å². The van der Waals surface area contributed by atoms with Crippen LogP contribution in [0.15, 0.2) is 28.7 Å². The van der Waals surface area contributed by atoms with Gasteiger partial charge in [0.25, 0.3) is 0 Å². The molecule has 5 heteroatoms. The second-order valence-electron chi connectivity index (χ2n) is 5.54. The van der Waals surface area contributed by atoms with Crippen LogP contribution in [0.3, 0.4) is 0 Å². The van der Waals surface area contributed by atoms with Gasteiger partial charge in [-0.25, -0.2) is 0 Å². The molecule has 4 nitrogen and oxygen atoms in total. The monoisotopic (exact) mass is 341 g/mol. The summed E-state index contributed by atoms with van der Waals surface area (Å²) in [6.45, 7) is 0.851. The van der Waals surface area contributed by atoms with Crippen LogP contribution < -0.4 is 10.1 Å². The highest BCUT2D eigenvalue weighted by molar-refractivity contribution is 9.10. The normalized spacial score (nSPS) is 29.6. The van der Waals surface area contributed by atoms with E-state index in [1.165, 1.54) is 6.42 Å². The Balaban J connectivity index is 1.37. The molecular formula is C15H20BrNO3. The quantitative estimate of drug-likeness (QED) is 0.831. The lowest BCUT2D eigenvalue weighted by molar-refractivity contribution is 0.0853. The zero-order valence-electron chi connectivity index (χ0n) is 11.3. The Bertz CT molecular complexity index is 439. The van der Waals surface area contributed by atoms with E-state index in [4.69, 9.17) is 9.47 Å². The summed E-state index contributed by atoms with van der Waals surface area (Å²) in [5.74, 6) is 0.774. The van der Waals surface area contributed by atoms with Crippen LogP contribution >= 0.6 is 15.9 Å². The van der Waals surface area contributed by atoms with Gasteiger partial charge in [0.05, 0.1) is 12.2 Å². The van der Waals surface area contributed by atoms with E-state index < -0.39 is 6.10 Å². The molecule has 2 saturated heterocycles. The zero-order chi connectivity index (χ0) is 13.9. The number of ether oxygens (including phenoxy) is 2. The largest absolute Gasteiger partial charge is 0.491 e. The summed E-state index contributed by atoms with van der Waals surface area (Å²) in [4.78, 5) is 0. The first-order valence-corrected chi connectivity index (χ1v) is 7.95. The summed E-state index contributed by atoms with van der Waals surface area (Å²) in [7, 11) is 0. The number of benzene rings is 1. The minimum Gasteiger partial charge on any atom is -0.491 e. The first kappa shape index (κ1) is 14.3. The number of nitrogens with one attached hydrogen (secondary N) is 1. The van der Waals surface area contributed by atoms with Gasteiger partial charge in [-0.2, -0.15) is 0 Å². The molecule has 1 aromatic carbocycles. The standard InChI is InChI=1S/C15H20BrNO3/c16-10-1-3-12(4-2-10)19-9-11(18)8-17-14-7-13-5-6-15(14)20-13/h1-4,11,13-15,17-18H,5-9H2. The summed E-state index contributed by atoms with van der Waals surface area (Å²) in [5.41, 5.74) is 0. The fourth-order valence-corrected chi connectivity index (χ4v) is 3.19. The van der Waals surface area contributed by atoms with Gasteiger partial charge in [-0.05, 0) is 43.5 Å². The highest BCUT2D eigenvalue weighted by Crippen LogP contribution is 2.34. The summed E-state index contributed by atoms with van der Waals surface area (Å²) in [6.07, 6.45) is 3.70. The maximum atomic E-state index is 9.96. The Morgan fingerprint density at radius 1 is 1.35 bits per heavy atom. The molecule has 2 aliphatic heterocycles. The van der Waals surface area contributed by atoms with Crippen LogP contribution in [0.2, 0.25) is 0 Å². The van der Waals surface area contributed by atoms with E-state index in [2.05, 4.69) is 21.2 Å². The second kappa shape index (κ2) is 6.43. The van der Waals surface area contributed by atoms with Crippen molar-refractivity contribution in [3.63, 3.8) is 0 Å². The van der Waals surface area contributed by atoms with Gasteiger partial charge in [0.1, 0.15) is 18.5 Å². The third-order valence-electron chi connectivity index (χ3n) is 3.98. The Hall–Kier alpha value is -0.620. The van der Waals surface area contributed by atoms with Crippen LogP contribution in [-0.2, 0) is 4.74 Å². The molecule has 0 spiro atoms. The molecule has 2 heterocycles. The number of aliphatic hydroxyl groups excluding tert-OH is 1. The van der Waals surface area contributed by atoms with Crippen molar-refractivity contribution >= 4 is 15.9 Å². The number of rotatable bonds is 6. The Labute approximate surface area is 127 Å². The second-order valence-corrected chi connectivity index (χ2v) is 6.46. The molecule has 110 valence electrons. The fraction of sp³-hybridized carbons (Fsp3) is 0.600. The molecule has 0 amide bonds. The molecule has 2 fully saturated rings. The van der Waals surface area contributed by atoms with Gasteiger partial charge in [-0.15, -0.1) is 0 Å². The third kappa shape index (κ3) is 3.52. The van der Waals surface area contributed by atoms with Crippen molar-refractivity contribution in [1.29, 1.82) is 0 Å². The van der Waals surface area contributed by atoms with Gasteiger partial charge in [-0.1, -0.05) is 15.9 Å². The first-order valence-electron chi connectivity index (χ1n) is 7.16. The van der Waals surface area contributed by atoms with Crippen molar-refractivity contribution in [2.24, 2.45) is 0 Å². The molecule has 0 aliphatic carbocycles. The first-order chi connectivity index (χ1) is 9.70. The van der Waals surface area contributed by atoms with E-state index in [1.807, 2.05) is 24.3 Å². The van der Waals surface area contributed by atoms with Crippen molar-refractivity contribution in [2.75, 3.05) is 13.2 Å². The van der Waals surface area contributed by atoms with Crippen molar-refractivity contribution in [2.45, 2.75) is 43.6 Å². The van der Waals surface area contributed by atoms with Gasteiger partial charge in [-0.3, -0.25) is 0 Å². The molecule has 0 saturated carbocycles. The minimum absolute atomic E-state index is 0.302. The van der Waals surface area contributed by atoms with E-state index >= 15 is 0 Å². The van der Waals surface area contributed by atoms with Crippen molar-refractivity contribution in [1.82, 2.24) is 5.32 Å². The van der Waals surface area contributed by atoms with Crippen LogP contribution in [0.4, 0.5) is 0 Å². The topological polar surface area (TPSA) is 50.7 Å². The summed E-state index contributed by atoms with van der Waals surface area (Å²) >= 11 is 3.38. The number of halogens is 1. The average molecular weight is 342 g/mol. The molecule has 2 bridgehead atoms. The molecule has 1 aromatic rings. The molecule has 20 heavy (non-hydrogen) atoms. The predicted molar refractivity (Wildman–Crippen MR) is 79.9 cm³/mol. The van der Waals surface area contributed by atoms with Gasteiger partial charge in [0.15, 0.2) is 0 Å².